The summed E-state index contributed by atoms with van der Waals surface area (Å²) in [5.41, 5.74) is 6.73. The number of hydrogen-bond donors (Lipinski definition) is 2. The zero-order valence-corrected chi connectivity index (χ0v) is 14.7. The molecule has 1 aliphatic carbocycles. The Morgan fingerprint density at radius 1 is 1.30 bits per heavy atom. The fraction of sp³-hybridized carbons (Fsp3) is 0.533. The zero-order chi connectivity index (χ0) is 16.2. The smallest absolute Gasteiger partial charge is 0.337 e. The van der Waals surface area contributed by atoms with Crippen LogP contribution >= 0.6 is 12.4 Å². The molecule has 0 heterocycles. The van der Waals surface area contributed by atoms with Gasteiger partial charge in [-0.1, -0.05) is 12.1 Å². The van der Waals surface area contributed by atoms with E-state index in [0.29, 0.717) is 11.1 Å². The summed E-state index contributed by atoms with van der Waals surface area (Å²) >= 11 is 0. The van der Waals surface area contributed by atoms with Gasteiger partial charge in [-0.2, -0.15) is 0 Å². The number of sulfonamides is 1. The van der Waals surface area contributed by atoms with Crippen LogP contribution in [0.15, 0.2) is 24.3 Å². The van der Waals surface area contributed by atoms with Crippen LogP contribution in [0.2, 0.25) is 0 Å². The van der Waals surface area contributed by atoms with E-state index in [2.05, 4.69) is 9.46 Å². The predicted molar refractivity (Wildman–Crippen MR) is 91.0 cm³/mol. The van der Waals surface area contributed by atoms with E-state index in [1.54, 1.807) is 24.3 Å². The van der Waals surface area contributed by atoms with Crippen LogP contribution in [-0.2, 0) is 20.5 Å². The summed E-state index contributed by atoms with van der Waals surface area (Å²) in [5.74, 6) is -0.631. The second-order valence-corrected chi connectivity index (χ2v) is 7.43. The molecular formula is C15H23ClN2O4S. The van der Waals surface area contributed by atoms with Gasteiger partial charge < -0.3 is 10.5 Å². The Morgan fingerprint density at radius 3 is 2.57 bits per heavy atom. The van der Waals surface area contributed by atoms with Crippen LogP contribution < -0.4 is 10.5 Å². The van der Waals surface area contributed by atoms with Crippen molar-refractivity contribution in [3.8, 4) is 0 Å². The van der Waals surface area contributed by atoms with Crippen molar-refractivity contribution in [2.75, 3.05) is 7.11 Å². The lowest BCUT2D eigenvalue weighted by Crippen LogP contribution is -2.40. The van der Waals surface area contributed by atoms with Crippen LogP contribution in [0.1, 0.15) is 41.6 Å². The van der Waals surface area contributed by atoms with Gasteiger partial charge in [0.15, 0.2) is 0 Å². The molecular weight excluding hydrogens is 340 g/mol. The molecule has 1 aromatic rings. The fourth-order valence-corrected chi connectivity index (χ4v) is 4.10. The first kappa shape index (κ1) is 19.9. The van der Waals surface area contributed by atoms with Gasteiger partial charge in [-0.3, -0.25) is 0 Å². The molecule has 3 N–H and O–H groups in total. The SMILES string of the molecule is COC(=O)c1cccc(CS(=O)(=O)NC2CCC(N)CC2)c1.Cl. The van der Waals surface area contributed by atoms with Crippen molar-refractivity contribution in [2.45, 2.75) is 43.5 Å². The molecule has 0 spiro atoms. The standard InChI is InChI=1S/C15H22N2O4S.ClH/c1-21-15(18)12-4-2-3-11(9-12)10-22(19,20)17-14-7-5-13(16)6-8-14;/h2-4,9,13-14,17H,5-8,10,16H2,1H3;1H. The van der Waals surface area contributed by atoms with Crippen LogP contribution in [0, 0.1) is 0 Å². The van der Waals surface area contributed by atoms with Crippen molar-refractivity contribution in [1.82, 2.24) is 4.72 Å². The molecule has 0 aliphatic heterocycles. The summed E-state index contributed by atoms with van der Waals surface area (Å²) in [6.45, 7) is 0. The molecule has 130 valence electrons. The van der Waals surface area contributed by atoms with Gasteiger partial charge in [-0.15, -0.1) is 12.4 Å². The number of carbonyl (C=O) groups excluding carboxylic acids is 1. The lowest BCUT2D eigenvalue weighted by atomic mass is 9.93. The van der Waals surface area contributed by atoms with Crippen molar-refractivity contribution in [3.63, 3.8) is 0 Å². The Labute approximate surface area is 143 Å². The van der Waals surface area contributed by atoms with Gasteiger partial charge in [0.2, 0.25) is 10.0 Å². The van der Waals surface area contributed by atoms with Crippen LogP contribution in [0.3, 0.4) is 0 Å². The molecule has 0 aromatic heterocycles. The summed E-state index contributed by atoms with van der Waals surface area (Å²) in [6, 6.07) is 6.60. The number of esters is 1. The number of halogens is 1. The normalized spacial score (nSPS) is 21.3. The second-order valence-electron chi connectivity index (χ2n) is 5.68. The Bertz CT molecular complexity index is 628. The molecule has 23 heavy (non-hydrogen) atoms. The Balaban J connectivity index is 0.00000264. The molecule has 0 amide bonds. The third-order valence-corrected chi connectivity index (χ3v) is 5.23. The first-order valence-electron chi connectivity index (χ1n) is 7.32. The first-order valence-corrected chi connectivity index (χ1v) is 8.97. The predicted octanol–water partition coefficient (Wildman–Crippen LogP) is 1.58. The molecule has 1 fully saturated rings. The van der Waals surface area contributed by atoms with Gasteiger partial charge in [0.25, 0.3) is 0 Å². The highest BCUT2D eigenvalue weighted by atomic mass is 35.5. The molecule has 1 saturated carbocycles. The summed E-state index contributed by atoms with van der Waals surface area (Å²) in [4.78, 5) is 11.5. The van der Waals surface area contributed by atoms with Crippen LogP contribution in [0.25, 0.3) is 0 Å². The molecule has 1 aromatic carbocycles. The number of nitrogens with two attached hydrogens (primary N) is 1. The van der Waals surface area contributed by atoms with E-state index in [1.165, 1.54) is 7.11 Å². The Kier molecular flexibility index (Phi) is 7.47. The summed E-state index contributed by atoms with van der Waals surface area (Å²) < 4.78 is 31.8. The van der Waals surface area contributed by atoms with Gasteiger partial charge in [0, 0.05) is 12.1 Å². The lowest BCUT2D eigenvalue weighted by molar-refractivity contribution is 0.0600. The van der Waals surface area contributed by atoms with Crippen molar-refractivity contribution < 1.29 is 17.9 Å². The highest BCUT2D eigenvalue weighted by molar-refractivity contribution is 7.88. The maximum atomic E-state index is 12.2. The fourth-order valence-electron chi connectivity index (χ4n) is 2.66. The monoisotopic (exact) mass is 362 g/mol. The molecule has 6 nitrogen and oxygen atoms in total. The van der Waals surface area contributed by atoms with E-state index in [1.807, 2.05) is 0 Å². The quantitative estimate of drug-likeness (QED) is 0.775. The average Bonchev–Trinajstić information content (AvgIpc) is 2.48. The minimum atomic E-state index is -3.44. The van der Waals surface area contributed by atoms with Crippen molar-refractivity contribution in [2.24, 2.45) is 5.73 Å². The molecule has 8 heteroatoms. The van der Waals surface area contributed by atoms with E-state index in [0.717, 1.165) is 25.7 Å². The summed E-state index contributed by atoms with van der Waals surface area (Å²) in [7, 11) is -2.15. The van der Waals surface area contributed by atoms with Gasteiger partial charge in [0.05, 0.1) is 18.4 Å². The van der Waals surface area contributed by atoms with Crippen molar-refractivity contribution >= 4 is 28.4 Å². The molecule has 2 rings (SSSR count). The van der Waals surface area contributed by atoms with Crippen molar-refractivity contribution in [3.05, 3.63) is 35.4 Å². The Hall–Kier alpha value is -1.15. The van der Waals surface area contributed by atoms with E-state index < -0.39 is 16.0 Å². The van der Waals surface area contributed by atoms with Gasteiger partial charge in [0.1, 0.15) is 0 Å². The van der Waals surface area contributed by atoms with Gasteiger partial charge >= 0.3 is 5.97 Å². The molecule has 0 bridgehead atoms. The summed E-state index contributed by atoms with van der Waals surface area (Å²) in [5, 5.41) is 0. The third-order valence-electron chi connectivity index (χ3n) is 3.82. The largest absolute Gasteiger partial charge is 0.465 e. The molecule has 1 aliphatic rings. The number of benzene rings is 1. The summed E-state index contributed by atoms with van der Waals surface area (Å²) in [6.07, 6.45) is 3.21. The third kappa shape index (κ3) is 6.10. The number of nitrogens with one attached hydrogen (secondary N) is 1. The maximum absolute atomic E-state index is 12.2. The lowest BCUT2D eigenvalue weighted by Gasteiger charge is -2.26. The van der Waals surface area contributed by atoms with E-state index in [4.69, 9.17) is 5.73 Å². The van der Waals surface area contributed by atoms with E-state index in [-0.39, 0.29) is 30.2 Å². The average molecular weight is 363 g/mol. The second kappa shape index (κ2) is 8.63. The highest BCUT2D eigenvalue weighted by Crippen LogP contribution is 2.18. The number of carbonyl (C=O) groups is 1. The molecule has 0 unspecified atom stereocenters. The van der Waals surface area contributed by atoms with Crippen LogP contribution in [-0.4, -0.2) is 33.6 Å². The maximum Gasteiger partial charge on any atom is 0.337 e. The van der Waals surface area contributed by atoms with Crippen LogP contribution in [0.5, 0.6) is 0 Å². The number of methoxy groups -OCH3 is 1. The van der Waals surface area contributed by atoms with Gasteiger partial charge in [-0.05, 0) is 43.4 Å². The van der Waals surface area contributed by atoms with Crippen molar-refractivity contribution in [1.29, 1.82) is 0 Å². The number of hydrogen-bond acceptors (Lipinski definition) is 5. The van der Waals surface area contributed by atoms with E-state index in [9.17, 15) is 13.2 Å². The van der Waals surface area contributed by atoms with E-state index >= 15 is 0 Å². The van der Waals surface area contributed by atoms with Crippen LogP contribution in [0.4, 0.5) is 0 Å². The zero-order valence-electron chi connectivity index (χ0n) is 13.0. The minimum Gasteiger partial charge on any atom is -0.465 e. The molecule has 0 saturated heterocycles. The molecule has 0 radical (unpaired) electrons. The Morgan fingerprint density at radius 2 is 1.96 bits per heavy atom. The topological polar surface area (TPSA) is 98.5 Å². The molecule has 0 atom stereocenters. The minimum absolute atomic E-state index is 0. The van der Waals surface area contributed by atoms with Gasteiger partial charge in [-0.25, -0.2) is 17.9 Å². The number of rotatable bonds is 5. The highest BCUT2D eigenvalue weighted by Gasteiger charge is 2.23. The first-order chi connectivity index (χ1) is 10.4. The number of ether oxygens (including phenoxy) is 1.